The summed E-state index contributed by atoms with van der Waals surface area (Å²) in [6.07, 6.45) is 2.85. The molecule has 5 nitrogen and oxygen atoms in total. The number of amides is 1. The van der Waals surface area contributed by atoms with Gasteiger partial charge in [0.05, 0.1) is 6.42 Å². The van der Waals surface area contributed by atoms with Crippen molar-refractivity contribution in [2.24, 2.45) is 0 Å². The zero-order valence-corrected chi connectivity index (χ0v) is 11.6. The molecular formula is C13H24N2O3. The fourth-order valence-corrected chi connectivity index (χ4v) is 2.45. The first-order valence-corrected chi connectivity index (χ1v) is 6.69. The number of carboxylic acid groups (broad SMARTS) is 1. The molecule has 1 heterocycles. The van der Waals surface area contributed by atoms with E-state index in [-0.39, 0.29) is 18.4 Å². The van der Waals surface area contributed by atoms with Crippen molar-refractivity contribution in [3.05, 3.63) is 0 Å². The average molecular weight is 256 g/mol. The Labute approximate surface area is 109 Å². The molecule has 0 aromatic heterocycles. The van der Waals surface area contributed by atoms with E-state index in [0.29, 0.717) is 6.54 Å². The van der Waals surface area contributed by atoms with Gasteiger partial charge in [-0.25, -0.2) is 0 Å². The molecule has 0 aliphatic carbocycles. The highest BCUT2D eigenvalue weighted by Gasteiger charge is 2.35. The van der Waals surface area contributed by atoms with Crippen molar-refractivity contribution >= 4 is 11.9 Å². The van der Waals surface area contributed by atoms with Crippen LogP contribution in [0.2, 0.25) is 0 Å². The third-order valence-electron chi connectivity index (χ3n) is 3.65. The van der Waals surface area contributed by atoms with Gasteiger partial charge in [-0.2, -0.15) is 0 Å². The number of carbonyl (C=O) groups is 2. The van der Waals surface area contributed by atoms with Crippen molar-refractivity contribution in [3.8, 4) is 0 Å². The van der Waals surface area contributed by atoms with Crippen molar-refractivity contribution in [3.63, 3.8) is 0 Å². The molecule has 2 unspecified atom stereocenters. The number of nitrogens with zero attached hydrogens (tertiary/aromatic N) is 2. The second-order valence-electron chi connectivity index (χ2n) is 5.10. The van der Waals surface area contributed by atoms with Crippen LogP contribution in [0.3, 0.4) is 0 Å². The molecule has 18 heavy (non-hydrogen) atoms. The van der Waals surface area contributed by atoms with E-state index < -0.39 is 12.0 Å². The normalized spacial score (nSPS) is 26.2. The minimum absolute atomic E-state index is 0.0575. The molecule has 0 spiro atoms. The van der Waals surface area contributed by atoms with Crippen LogP contribution in [0.5, 0.6) is 0 Å². The van der Waals surface area contributed by atoms with Gasteiger partial charge in [-0.3, -0.25) is 14.5 Å². The van der Waals surface area contributed by atoms with E-state index in [9.17, 15) is 9.59 Å². The second kappa shape index (κ2) is 6.73. The molecule has 0 aromatic rings. The van der Waals surface area contributed by atoms with Crippen LogP contribution < -0.4 is 0 Å². The van der Waals surface area contributed by atoms with Gasteiger partial charge in [0.1, 0.15) is 6.04 Å². The predicted octanol–water partition coefficient (Wildman–Crippen LogP) is 1.18. The fourth-order valence-electron chi connectivity index (χ4n) is 2.45. The van der Waals surface area contributed by atoms with E-state index in [1.807, 2.05) is 0 Å². The van der Waals surface area contributed by atoms with Gasteiger partial charge in [0.15, 0.2) is 0 Å². The maximum absolute atomic E-state index is 12.2. The molecule has 0 radical (unpaired) electrons. The summed E-state index contributed by atoms with van der Waals surface area (Å²) in [4.78, 5) is 26.9. The molecule has 2 atom stereocenters. The molecule has 1 aliphatic heterocycles. The van der Waals surface area contributed by atoms with Crippen LogP contribution in [0.25, 0.3) is 0 Å². The lowest BCUT2D eigenvalue weighted by molar-refractivity contribution is -0.144. The largest absolute Gasteiger partial charge is 0.481 e. The first-order valence-electron chi connectivity index (χ1n) is 6.69. The van der Waals surface area contributed by atoms with Crippen molar-refractivity contribution < 1.29 is 14.7 Å². The number of carboxylic acids is 1. The highest BCUT2D eigenvalue weighted by molar-refractivity contribution is 5.86. The molecule has 1 aliphatic rings. The monoisotopic (exact) mass is 256 g/mol. The highest BCUT2D eigenvalue weighted by Crippen LogP contribution is 2.19. The van der Waals surface area contributed by atoms with E-state index >= 15 is 0 Å². The summed E-state index contributed by atoms with van der Waals surface area (Å²) in [5, 5.41) is 8.99. The van der Waals surface area contributed by atoms with Crippen molar-refractivity contribution in [2.75, 3.05) is 20.1 Å². The summed E-state index contributed by atoms with van der Waals surface area (Å²) < 4.78 is 0. The first-order chi connectivity index (χ1) is 8.47. The van der Waals surface area contributed by atoms with Gasteiger partial charge in [-0.05, 0) is 26.3 Å². The number of likely N-dealkylation sites (N-methyl/N-ethyl adjacent to an activating group) is 1. The lowest BCUT2D eigenvalue weighted by Crippen LogP contribution is -2.48. The van der Waals surface area contributed by atoms with Crippen molar-refractivity contribution in [1.82, 2.24) is 9.80 Å². The quantitative estimate of drug-likeness (QED) is 0.802. The van der Waals surface area contributed by atoms with Gasteiger partial charge >= 0.3 is 5.97 Å². The number of unbranched alkanes of at least 4 members (excludes halogenated alkanes) is 1. The highest BCUT2D eigenvalue weighted by atomic mass is 16.4. The van der Waals surface area contributed by atoms with Crippen LogP contribution in [-0.4, -0.2) is 59.0 Å². The standard InChI is InChI=1S/C13H24N2O3/c1-4-5-7-15-10(2)6-8-14(3)13(18)11(15)9-12(16)17/h10-11H,4-9H2,1-3H3,(H,16,17). The van der Waals surface area contributed by atoms with Crippen molar-refractivity contribution in [2.45, 2.75) is 51.6 Å². The lowest BCUT2D eigenvalue weighted by Gasteiger charge is -2.32. The van der Waals surface area contributed by atoms with Crippen LogP contribution in [-0.2, 0) is 9.59 Å². The Morgan fingerprint density at radius 1 is 1.50 bits per heavy atom. The first kappa shape index (κ1) is 15.0. The lowest BCUT2D eigenvalue weighted by atomic mass is 10.1. The molecule has 104 valence electrons. The molecule has 1 amide bonds. The smallest absolute Gasteiger partial charge is 0.305 e. The van der Waals surface area contributed by atoms with Gasteiger partial charge < -0.3 is 10.0 Å². The number of hydrogen-bond acceptors (Lipinski definition) is 3. The molecule has 0 saturated carbocycles. The zero-order chi connectivity index (χ0) is 13.7. The summed E-state index contributed by atoms with van der Waals surface area (Å²) in [5.74, 6) is -0.963. The molecule has 0 bridgehead atoms. The van der Waals surface area contributed by atoms with Gasteiger partial charge in [-0.15, -0.1) is 0 Å². The molecule has 1 N–H and O–H groups in total. The minimum Gasteiger partial charge on any atom is -0.481 e. The summed E-state index contributed by atoms with van der Waals surface area (Å²) >= 11 is 0. The molecule has 1 saturated heterocycles. The van der Waals surface area contributed by atoms with Gasteiger partial charge in [0.25, 0.3) is 0 Å². The third kappa shape index (κ3) is 3.70. The van der Waals surface area contributed by atoms with E-state index in [1.165, 1.54) is 0 Å². The molecule has 1 rings (SSSR count). The van der Waals surface area contributed by atoms with E-state index in [2.05, 4.69) is 18.7 Å². The van der Waals surface area contributed by atoms with Crippen LogP contribution in [0, 0.1) is 0 Å². The minimum atomic E-state index is -0.905. The SMILES string of the molecule is CCCCN1C(C)CCN(C)C(=O)C1CC(=O)O. The second-order valence-corrected chi connectivity index (χ2v) is 5.10. The molecule has 0 aromatic carbocycles. The summed E-state index contributed by atoms with van der Waals surface area (Å²) in [7, 11) is 1.76. The third-order valence-corrected chi connectivity index (χ3v) is 3.65. The Kier molecular flexibility index (Phi) is 5.59. The Morgan fingerprint density at radius 2 is 2.17 bits per heavy atom. The van der Waals surface area contributed by atoms with Crippen LogP contribution in [0.1, 0.15) is 39.5 Å². The Hall–Kier alpha value is -1.10. The number of rotatable bonds is 5. The average Bonchev–Trinajstić information content (AvgIpc) is 2.41. The topological polar surface area (TPSA) is 60.9 Å². The predicted molar refractivity (Wildman–Crippen MR) is 69.4 cm³/mol. The van der Waals surface area contributed by atoms with Gasteiger partial charge in [0.2, 0.25) is 5.91 Å². The summed E-state index contributed by atoms with van der Waals surface area (Å²) in [6, 6.07) is -0.244. The van der Waals surface area contributed by atoms with Crippen LogP contribution >= 0.6 is 0 Å². The van der Waals surface area contributed by atoms with E-state index in [1.54, 1.807) is 11.9 Å². The molecule has 5 heteroatoms. The van der Waals surface area contributed by atoms with E-state index in [0.717, 1.165) is 25.8 Å². The van der Waals surface area contributed by atoms with Crippen molar-refractivity contribution in [1.29, 1.82) is 0 Å². The van der Waals surface area contributed by atoms with Gasteiger partial charge in [0, 0.05) is 19.6 Å². The fraction of sp³-hybridized carbons (Fsp3) is 0.846. The van der Waals surface area contributed by atoms with Gasteiger partial charge in [-0.1, -0.05) is 13.3 Å². The zero-order valence-electron chi connectivity index (χ0n) is 11.6. The Morgan fingerprint density at radius 3 is 2.72 bits per heavy atom. The van der Waals surface area contributed by atoms with Crippen LogP contribution in [0.15, 0.2) is 0 Å². The Balaban J connectivity index is 2.88. The Bertz CT molecular complexity index is 307. The van der Waals surface area contributed by atoms with E-state index in [4.69, 9.17) is 5.11 Å². The summed E-state index contributed by atoms with van der Waals surface area (Å²) in [6.45, 7) is 5.69. The molecular weight excluding hydrogens is 232 g/mol. The molecule has 1 fully saturated rings. The number of aliphatic carboxylic acids is 1. The maximum atomic E-state index is 12.2. The van der Waals surface area contributed by atoms with Crippen LogP contribution in [0.4, 0.5) is 0 Å². The number of carbonyl (C=O) groups excluding carboxylic acids is 1. The maximum Gasteiger partial charge on any atom is 0.305 e. The number of hydrogen-bond donors (Lipinski definition) is 1. The summed E-state index contributed by atoms with van der Waals surface area (Å²) in [5.41, 5.74) is 0.